The first-order valence-corrected chi connectivity index (χ1v) is 4.97. The van der Waals surface area contributed by atoms with Crippen LogP contribution in [0.15, 0.2) is 24.3 Å². The molecule has 0 saturated heterocycles. The Morgan fingerprint density at radius 3 is 2.61 bits per heavy atom. The second-order valence-electron chi connectivity index (χ2n) is 3.39. The highest BCUT2D eigenvalue weighted by Gasteiger charge is 2.11. The molecule has 1 aromatic carbocycles. The number of hydrogen-bond acceptors (Lipinski definition) is 6. The second-order valence-corrected chi connectivity index (χ2v) is 3.39. The molecule has 0 aliphatic carbocycles. The van der Waals surface area contributed by atoms with E-state index in [4.69, 9.17) is 11.0 Å². The third-order valence-electron chi connectivity index (χ3n) is 2.34. The van der Waals surface area contributed by atoms with Crippen LogP contribution in [0.5, 0.6) is 0 Å². The molecule has 0 atom stereocenters. The van der Waals surface area contributed by atoms with Gasteiger partial charge in [-0.05, 0) is 24.3 Å². The van der Waals surface area contributed by atoms with E-state index in [1.807, 2.05) is 6.07 Å². The molecule has 0 amide bonds. The van der Waals surface area contributed by atoms with Crippen molar-refractivity contribution >= 4 is 11.8 Å². The van der Waals surface area contributed by atoms with Gasteiger partial charge in [-0.2, -0.15) is 9.94 Å². The topological polar surface area (TPSA) is 107 Å². The summed E-state index contributed by atoms with van der Waals surface area (Å²) in [4.78, 5) is 11.3. The van der Waals surface area contributed by atoms with Crippen molar-refractivity contribution < 1.29 is 9.53 Å². The summed E-state index contributed by atoms with van der Waals surface area (Å²) in [6.07, 6.45) is 0. The normalized spacial score (nSPS) is 9.78. The first kappa shape index (κ1) is 11.6. The Morgan fingerprint density at radius 2 is 2.11 bits per heavy atom. The highest BCUT2D eigenvalue weighted by molar-refractivity contribution is 5.89. The quantitative estimate of drug-likeness (QED) is 0.770. The zero-order valence-corrected chi connectivity index (χ0v) is 9.49. The Hall–Kier alpha value is -2.88. The summed E-state index contributed by atoms with van der Waals surface area (Å²) < 4.78 is 5.90. The maximum absolute atomic E-state index is 11.3. The van der Waals surface area contributed by atoms with E-state index in [0.29, 0.717) is 11.3 Å². The number of carbonyl (C=O) groups excluding carboxylic acids is 1. The lowest BCUT2D eigenvalue weighted by molar-refractivity contribution is 0.0601. The lowest BCUT2D eigenvalue weighted by Crippen LogP contribution is -2.04. The fourth-order valence-electron chi connectivity index (χ4n) is 1.42. The number of nitriles is 1. The minimum atomic E-state index is -0.425. The number of nitrogens with zero attached hydrogens (tertiary/aromatic N) is 4. The van der Waals surface area contributed by atoms with Gasteiger partial charge in [0.25, 0.3) is 0 Å². The lowest BCUT2D eigenvalue weighted by Gasteiger charge is -2.03. The third-order valence-corrected chi connectivity index (χ3v) is 2.34. The molecule has 18 heavy (non-hydrogen) atoms. The molecule has 0 unspecified atom stereocenters. The average molecular weight is 243 g/mol. The number of methoxy groups -OCH3 is 1. The molecule has 0 spiro atoms. The van der Waals surface area contributed by atoms with Crippen molar-refractivity contribution in [2.24, 2.45) is 0 Å². The molecular formula is C11H9N5O2. The van der Waals surface area contributed by atoms with E-state index in [0.717, 1.165) is 0 Å². The molecule has 2 N–H and O–H groups in total. The number of aromatic nitrogens is 3. The molecule has 0 aliphatic rings. The van der Waals surface area contributed by atoms with Gasteiger partial charge in [-0.1, -0.05) is 5.21 Å². The number of esters is 1. The predicted octanol–water partition coefficient (Wildman–Crippen LogP) is 0.508. The lowest BCUT2D eigenvalue weighted by atomic mass is 10.2. The molecule has 0 saturated carbocycles. The molecule has 7 heteroatoms. The van der Waals surface area contributed by atoms with Crippen LogP contribution in [-0.4, -0.2) is 28.1 Å². The summed E-state index contributed by atoms with van der Waals surface area (Å²) in [5.74, 6) is -0.269. The monoisotopic (exact) mass is 243 g/mol. The van der Waals surface area contributed by atoms with Crippen LogP contribution in [0.1, 0.15) is 16.1 Å². The molecule has 0 bridgehead atoms. The van der Waals surface area contributed by atoms with E-state index in [1.54, 1.807) is 24.3 Å². The van der Waals surface area contributed by atoms with Crippen molar-refractivity contribution in [2.75, 3.05) is 12.8 Å². The van der Waals surface area contributed by atoms with Gasteiger partial charge in [-0.3, -0.25) is 0 Å². The first-order chi connectivity index (χ1) is 8.67. The van der Waals surface area contributed by atoms with Gasteiger partial charge in [0.1, 0.15) is 6.07 Å². The Balaban J connectivity index is 2.38. The predicted molar refractivity (Wildman–Crippen MR) is 61.8 cm³/mol. The number of carbonyl (C=O) groups is 1. The van der Waals surface area contributed by atoms with Crippen LogP contribution < -0.4 is 5.73 Å². The van der Waals surface area contributed by atoms with Crippen LogP contribution in [0, 0.1) is 11.3 Å². The number of rotatable bonds is 2. The molecule has 1 heterocycles. The van der Waals surface area contributed by atoms with Gasteiger partial charge < -0.3 is 10.5 Å². The van der Waals surface area contributed by atoms with Crippen LogP contribution in [0.2, 0.25) is 0 Å². The number of nitrogens with two attached hydrogens (primary N) is 1. The average Bonchev–Trinajstić information content (AvgIpc) is 2.79. The SMILES string of the molecule is COC(=O)c1ccc(-n2nnc(C#N)c2N)cc1. The van der Waals surface area contributed by atoms with Gasteiger partial charge >= 0.3 is 5.97 Å². The summed E-state index contributed by atoms with van der Waals surface area (Å²) in [5, 5.41) is 16.1. The largest absolute Gasteiger partial charge is 0.465 e. The van der Waals surface area contributed by atoms with Crippen molar-refractivity contribution in [3.8, 4) is 11.8 Å². The number of ether oxygens (including phenoxy) is 1. The number of anilines is 1. The van der Waals surface area contributed by atoms with Gasteiger partial charge in [0, 0.05) is 0 Å². The molecule has 0 fully saturated rings. The number of benzene rings is 1. The van der Waals surface area contributed by atoms with E-state index in [-0.39, 0.29) is 11.5 Å². The van der Waals surface area contributed by atoms with E-state index in [1.165, 1.54) is 11.8 Å². The Bertz CT molecular complexity index is 624. The van der Waals surface area contributed by atoms with Crippen LogP contribution in [0.3, 0.4) is 0 Å². The van der Waals surface area contributed by atoms with Gasteiger partial charge in [0.05, 0.1) is 18.4 Å². The van der Waals surface area contributed by atoms with E-state index in [2.05, 4.69) is 15.0 Å². The molecule has 0 aliphatic heterocycles. The van der Waals surface area contributed by atoms with Crippen LogP contribution in [-0.2, 0) is 4.74 Å². The molecule has 90 valence electrons. The number of nitrogen functional groups attached to an aromatic ring is 1. The van der Waals surface area contributed by atoms with Crippen molar-refractivity contribution in [3.05, 3.63) is 35.5 Å². The summed E-state index contributed by atoms with van der Waals surface area (Å²) in [6, 6.07) is 8.26. The fraction of sp³-hybridized carbons (Fsp3) is 0.0909. The second kappa shape index (κ2) is 4.55. The highest BCUT2D eigenvalue weighted by Crippen LogP contribution is 2.15. The summed E-state index contributed by atoms with van der Waals surface area (Å²) >= 11 is 0. The standard InChI is InChI=1S/C11H9N5O2/c1-18-11(17)7-2-4-8(5-3-7)16-10(13)9(6-12)14-15-16/h2-5H,13H2,1H3. The Kier molecular flexibility index (Phi) is 2.93. The minimum Gasteiger partial charge on any atom is -0.465 e. The van der Waals surface area contributed by atoms with Crippen LogP contribution >= 0.6 is 0 Å². The molecule has 2 rings (SSSR count). The van der Waals surface area contributed by atoms with Crippen LogP contribution in [0.25, 0.3) is 5.69 Å². The van der Waals surface area contributed by atoms with E-state index >= 15 is 0 Å². The zero-order valence-electron chi connectivity index (χ0n) is 9.49. The smallest absolute Gasteiger partial charge is 0.337 e. The van der Waals surface area contributed by atoms with Gasteiger partial charge in [-0.15, -0.1) is 5.10 Å². The maximum Gasteiger partial charge on any atom is 0.337 e. The van der Waals surface area contributed by atoms with E-state index in [9.17, 15) is 4.79 Å². The first-order valence-electron chi connectivity index (χ1n) is 4.97. The zero-order chi connectivity index (χ0) is 13.1. The van der Waals surface area contributed by atoms with Crippen molar-refractivity contribution in [2.45, 2.75) is 0 Å². The van der Waals surface area contributed by atoms with Crippen LogP contribution in [0.4, 0.5) is 5.82 Å². The van der Waals surface area contributed by atoms with Crippen molar-refractivity contribution in [1.29, 1.82) is 5.26 Å². The Labute approximate surface area is 102 Å². The maximum atomic E-state index is 11.3. The minimum absolute atomic E-state index is 0.0621. The molecule has 1 aromatic heterocycles. The van der Waals surface area contributed by atoms with Crippen molar-refractivity contribution in [3.63, 3.8) is 0 Å². The molecule has 7 nitrogen and oxygen atoms in total. The van der Waals surface area contributed by atoms with Gasteiger partial charge in [0.2, 0.25) is 5.69 Å². The third kappa shape index (κ3) is 1.87. The van der Waals surface area contributed by atoms with Crippen molar-refractivity contribution in [1.82, 2.24) is 15.0 Å². The van der Waals surface area contributed by atoms with Gasteiger partial charge in [0.15, 0.2) is 5.82 Å². The Morgan fingerprint density at radius 1 is 1.44 bits per heavy atom. The summed E-state index contributed by atoms with van der Waals surface area (Å²) in [6.45, 7) is 0. The molecule has 0 radical (unpaired) electrons. The highest BCUT2D eigenvalue weighted by atomic mass is 16.5. The van der Waals surface area contributed by atoms with E-state index < -0.39 is 5.97 Å². The molecular weight excluding hydrogens is 234 g/mol. The summed E-state index contributed by atoms with van der Waals surface area (Å²) in [5.41, 5.74) is 6.78. The summed E-state index contributed by atoms with van der Waals surface area (Å²) in [7, 11) is 1.31. The van der Waals surface area contributed by atoms with Gasteiger partial charge in [-0.25, -0.2) is 4.79 Å². The fourth-order valence-corrected chi connectivity index (χ4v) is 1.42. The number of hydrogen-bond donors (Lipinski definition) is 1. The molecule has 2 aromatic rings.